The predicted molar refractivity (Wildman–Crippen MR) is 357 cm³/mol. The molecule has 8 heterocycles. The van der Waals surface area contributed by atoms with Gasteiger partial charge in [-0.05, 0) is 145 Å². The lowest BCUT2D eigenvalue weighted by Gasteiger charge is -2.32. The van der Waals surface area contributed by atoms with Crippen LogP contribution < -0.4 is 21.3 Å². The number of amides is 2. The van der Waals surface area contributed by atoms with Crippen LogP contribution in [0, 0.1) is 23.5 Å². The number of rotatable bonds is 25. The van der Waals surface area contributed by atoms with E-state index in [9.17, 15) is 41.2 Å². The van der Waals surface area contributed by atoms with E-state index >= 15 is 0 Å². The molecule has 3 unspecified atom stereocenters. The Morgan fingerprint density at radius 2 is 1.00 bits per heavy atom. The number of carbonyl (C=O) groups is 2. The molecule has 546 valence electrons. The summed E-state index contributed by atoms with van der Waals surface area (Å²) in [6.45, 7) is 17.8. The summed E-state index contributed by atoms with van der Waals surface area (Å²) in [6, 6.07) is 3.70. The van der Waals surface area contributed by atoms with Crippen LogP contribution in [0.25, 0.3) is 43.9 Å². The van der Waals surface area contributed by atoms with Crippen molar-refractivity contribution in [2.24, 2.45) is 0 Å². The highest BCUT2D eigenvalue weighted by atomic mass is 32.1. The number of phosphoric ester groups is 2. The van der Waals surface area contributed by atoms with E-state index in [2.05, 4.69) is 61.2 Å². The van der Waals surface area contributed by atoms with E-state index in [4.69, 9.17) is 43.3 Å². The van der Waals surface area contributed by atoms with Gasteiger partial charge in [0.25, 0.3) is 19.6 Å². The smallest absolute Gasteiger partial charge is 0.477 e. The Bertz CT molecular complexity index is 4100. The van der Waals surface area contributed by atoms with Gasteiger partial charge in [0.05, 0.1) is 59.3 Å². The van der Waals surface area contributed by atoms with Gasteiger partial charge >= 0.3 is 7.82 Å². The van der Waals surface area contributed by atoms with Gasteiger partial charge in [0.1, 0.15) is 64.0 Å². The van der Waals surface area contributed by atoms with E-state index in [0.29, 0.717) is 34.4 Å². The number of aromatic nitrogens is 12. The number of anilines is 2. The molecular formula is C62H83F4N15O15P2S2. The normalized spacial score (nSPS) is 18.1. The van der Waals surface area contributed by atoms with Crippen molar-refractivity contribution in [2.75, 3.05) is 43.7 Å². The van der Waals surface area contributed by atoms with Crippen molar-refractivity contribution in [1.82, 2.24) is 59.1 Å². The van der Waals surface area contributed by atoms with Crippen LogP contribution in [0.15, 0.2) is 72.2 Å². The van der Waals surface area contributed by atoms with Crippen molar-refractivity contribution in [1.29, 1.82) is 0 Å². The first-order valence-corrected chi connectivity index (χ1v) is 36.6. The van der Waals surface area contributed by atoms with E-state index in [1.807, 2.05) is 13.8 Å². The largest absolute Gasteiger partial charge is 0.756 e. The minimum atomic E-state index is -4.98. The maximum Gasteiger partial charge on any atom is 0.477 e. The number of ether oxygens (including phenoxy) is 2. The molecule has 0 bridgehead atoms. The van der Waals surface area contributed by atoms with Crippen LogP contribution >= 0.6 is 38.3 Å². The van der Waals surface area contributed by atoms with Crippen molar-refractivity contribution in [3.8, 4) is 43.9 Å². The van der Waals surface area contributed by atoms with E-state index in [-0.39, 0.29) is 89.7 Å². The van der Waals surface area contributed by atoms with Crippen molar-refractivity contribution >= 4 is 61.5 Å². The molecule has 38 heteroatoms. The predicted octanol–water partition coefficient (Wildman–Crippen LogP) is 9.84. The van der Waals surface area contributed by atoms with Crippen molar-refractivity contribution in [2.45, 2.75) is 174 Å². The van der Waals surface area contributed by atoms with Crippen LogP contribution in [-0.2, 0) is 36.7 Å². The average Bonchev–Trinajstić information content (AvgIpc) is 1.62. The molecule has 9 N–H and O–H groups in total. The Hall–Kier alpha value is -6.96. The molecule has 3 atom stereocenters. The van der Waals surface area contributed by atoms with Gasteiger partial charge < -0.3 is 50.9 Å². The SMILES string of the molecule is CCOC1CCC(n2cc(NC(=O)c3csc(-c4cnn(C(C)OP(=O)(OC(C)(C)C)OC(C)(C)C)c4)n3)c(-c3nc(F)ccc3F)n2)CC1.CCOC1CCC(n2cc(NC(=O)c3csc(-c4cnn(C(C)OP(=O)([O-])O)c4)n3)c(-c3nc(F)ccc3F)n2)CC1.[NH3+]C(CO)(CO)CO. The Kier molecular flexibility index (Phi) is 26.7. The van der Waals surface area contributed by atoms with E-state index in [1.54, 1.807) is 88.0 Å². The van der Waals surface area contributed by atoms with Crippen LogP contribution in [0.1, 0.15) is 166 Å². The standard InChI is InChI=1S/C33H44F2N7O6PS.C25H28F2N7O6PS.C4H11NO3/c1-9-45-23-12-10-22(11-13-23)42-18-25(29(40-42)28-24(34)14-15-27(35)39-28)37-30(43)26-19-50-31(38-26)21-16-36-41(17-21)20(2)46-49(44,47-32(3,4)5)48-33(6,7)8;1-3-39-17-6-4-16(5-7-17)34-12-19(23(32-34)22-18(26)8-9-21(27)31-22)29-24(35)20-13-42-25(30-20)15-10-28-33(11-15)14(2)40-41(36,37)38;5-4(1-6,2-7)3-8/h14-20,22-23H,9-13H2,1-8H3,(H,37,43);8-14,16-17H,3-7H2,1-2H3,(H,29,35)(H2,36,37,38);6-8H,1-3,5H2. The van der Waals surface area contributed by atoms with Crippen LogP contribution in [0.2, 0.25) is 0 Å². The zero-order valence-electron chi connectivity index (χ0n) is 56.7. The number of hydrogen-bond acceptors (Lipinski definition) is 24. The molecule has 0 aliphatic heterocycles. The first kappa shape index (κ1) is 78.8. The van der Waals surface area contributed by atoms with Gasteiger partial charge in [0.15, 0.2) is 29.6 Å². The highest BCUT2D eigenvalue weighted by Crippen LogP contribution is 2.57. The van der Waals surface area contributed by atoms with Crippen molar-refractivity contribution < 1.29 is 94.7 Å². The fraction of sp³-hybridized carbons (Fsp3) is 0.516. The maximum atomic E-state index is 14.9. The third-order valence-corrected chi connectivity index (χ3v) is 19.6. The molecule has 2 aliphatic rings. The lowest BCUT2D eigenvalue weighted by molar-refractivity contribution is -0.494. The quantitative estimate of drug-likeness (QED) is 0.0159. The Labute approximate surface area is 581 Å². The van der Waals surface area contributed by atoms with Crippen molar-refractivity contribution in [3.63, 3.8) is 0 Å². The van der Waals surface area contributed by atoms with Gasteiger partial charge in [-0.25, -0.2) is 42.6 Å². The van der Waals surface area contributed by atoms with Gasteiger partial charge in [-0.2, -0.15) is 29.2 Å². The molecule has 2 amide bonds. The molecule has 30 nitrogen and oxygen atoms in total. The average molecular weight is 1480 g/mol. The topological polar surface area (TPSA) is 402 Å². The minimum absolute atomic E-state index is 0.0103. The molecular weight excluding hydrogens is 1400 g/mol. The number of halogens is 4. The summed E-state index contributed by atoms with van der Waals surface area (Å²) in [5.74, 6) is -4.53. The summed E-state index contributed by atoms with van der Waals surface area (Å²) in [6.07, 6.45) is 14.0. The highest BCUT2D eigenvalue weighted by Gasteiger charge is 2.40. The number of quaternary nitrogens is 1. The Morgan fingerprint density at radius 1 is 0.620 bits per heavy atom. The number of aliphatic hydroxyl groups excluding tert-OH is 3. The number of nitrogens with one attached hydrogen (secondary N) is 2. The maximum absolute atomic E-state index is 14.9. The van der Waals surface area contributed by atoms with Crippen LogP contribution in [0.3, 0.4) is 0 Å². The summed E-state index contributed by atoms with van der Waals surface area (Å²) >= 11 is 2.34. The van der Waals surface area contributed by atoms with Gasteiger partial charge in [-0.3, -0.25) is 41.6 Å². The fourth-order valence-corrected chi connectivity index (χ4v) is 14.3. The second-order valence-corrected chi connectivity index (χ2v) is 29.9. The summed E-state index contributed by atoms with van der Waals surface area (Å²) in [5, 5.41) is 52.1. The monoisotopic (exact) mass is 1480 g/mol. The molecule has 8 aromatic heterocycles. The molecule has 8 aromatic rings. The first-order chi connectivity index (χ1) is 47.1. The zero-order valence-corrected chi connectivity index (χ0v) is 60.1. The van der Waals surface area contributed by atoms with E-state index in [1.165, 1.54) is 45.4 Å². The lowest BCUT2D eigenvalue weighted by atomic mass is 9.93. The summed E-state index contributed by atoms with van der Waals surface area (Å²) in [4.78, 5) is 62.9. The van der Waals surface area contributed by atoms with Gasteiger partial charge in [0, 0.05) is 59.9 Å². The number of pyridine rings is 2. The first-order valence-electron chi connectivity index (χ1n) is 31.9. The van der Waals surface area contributed by atoms with Crippen LogP contribution in [-0.4, -0.2) is 153 Å². The second kappa shape index (κ2) is 33.9. The number of thiazole rings is 2. The molecule has 0 spiro atoms. The number of hydrogen-bond donors (Lipinski definition) is 7. The Balaban J connectivity index is 0.000000232. The zero-order chi connectivity index (χ0) is 73.1. The molecule has 100 heavy (non-hydrogen) atoms. The summed E-state index contributed by atoms with van der Waals surface area (Å²) < 4.78 is 122. The second-order valence-electron chi connectivity index (χ2n) is 25.6. The van der Waals surface area contributed by atoms with Crippen molar-refractivity contribution in [3.05, 3.63) is 107 Å². The van der Waals surface area contributed by atoms with Crippen LogP contribution in [0.4, 0.5) is 28.9 Å². The highest BCUT2D eigenvalue weighted by molar-refractivity contribution is 7.48. The molecule has 0 saturated heterocycles. The van der Waals surface area contributed by atoms with E-state index in [0.717, 1.165) is 87.0 Å². The number of aliphatic hydroxyl groups is 3. The summed E-state index contributed by atoms with van der Waals surface area (Å²) in [7, 11) is -9.00. The minimum Gasteiger partial charge on any atom is -0.756 e. The molecule has 0 aromatic carbocycles. The molecule has 0 radical (unpaired) electrons. The number of nitrogens with zero attached hydrogens (tertiary/aromatic N) is 12. The van der Waals surface area contributed by atoms with Gasteiger partial charge in [-0.15, -0.1) is 22.7 Å². The molecule has 2 saturated carbocycles. The number of carbonyl (C=O) groups excluding carboxylic acids is 2. The third kappa shape index (κ3) is 21.8. The molecule has 10 rings (SSSR count). The van der Waals surface area contributed by atoms with E-state index < -0.39 is 80.2 Å². The lowest BCUT2D eigenvalue weighted by Crippen LogP contribution is -2.78. The van der Waals surface area contributed by atoms with Gasteiger partial charge in [-0.1, -0.05) is 0 Å². The van der Waals surface area contributed by atoms with Crippen LogP contribution in [0.5, 0.6) is 0 Å². The molecule has 2 aliphatic carbocycles. The number of phosphoric acid groups is 2. The fourth-order valence-electron chi connectivity index (χ4n) is 10.3. The summed E-state index contributed by atoms with van der Waals surface area (Å²) in [5.41, 5.74) is 1.64. The third-order valence-electron chi connectivity index (χ3n) is 15.1. The van der Waals surface area contributed by atoms with Gasteiger partial charge in [0.2, 0.25) is 11.9 Å². The Morgan fingerprint density at radius 3 is 1.34 bits per heavy atom. The molecule has 2 fully saturated rings.